The predicted molar refractivity (Wildman–Crippen MR) is 109 cm³/mol. The molecule has 7 nitrogen and oxygen atoms in total. The second-order valence-corrected chi connectivity index (χ2v) is 10.2. The Kier molecular flexibility index (Phi) is 5.82. The van der Waals surface area contributed by atoms with Crippen LogP contribution in [0, 0.1) is 5.92 Å². The van der Waals surface area contributed by atoms with E-state index >= 15 is 0 Å². The molecule has 1 fully saturated rings. The van der Waals surface area contributed by atoms with Crippen LogP contribution in [-0.2, 0) is 28.3 Å². The quantitative estimate of drug-likeness (QED) is 0.738. The number of sulfonamides is 1. The van der Waals surface area contributed by atoms with Crippen LogP contribution in [0.25, 0.3) is 11.0 Å². The van der Waals surface area contributed by atoms with Crippen LogP contribution in [-0.4, -0.2) is 59.8 Å². The van der Waals surface area contributed by atoms with Gasteiger partial charge in [-0.1, -0.05) is 13.8 Å². The second-order valence-electron chi connectivity index (χ2n) is 8.07. The summed E-state index contributed by atoms with van der Waals surface area (Å²) < 4.78 is 27.8. The van der Waals surface area contributed by atoms with Gasteiger partial charge in [-0.2, -0.15) is 0 Å². The van der Waals surface area contributed by atoms with Gasteiger partial charge in [0, 0.05) is 46.6 Å². The minimum Gasteiger partial charge on any atom is -0.339 e. The highest BCUT2D eigenvalue weighted by Crippen LogP contribution is 2.25. The largest absolute Gasteiger partial charge is 0.339 e. The Morgan fingerprint density at radius 1 is 1.32 bits per heavy atom. The van der Waals surface area contributed by atoms with Gasteiger partial charge in [-0.25, -0.2) is 17.7 Å². The first-order valence-electron chi connectivity index (χ1n) is 9.80. The van der Waals surface area contributed by atoms with E-state index in [1.54, 1.807) is 18.2 Å². The van der Waals surface area contributed by atoms with E-state index in [1.165, 1.54) is 18.4 Å². The molecule has 28 heavy (non-hydrogen) atoms. The predicted octanol–water partition coefficient (Wildman–Crippen LogP) is 2.40. The summed E-state index contributed by atoms with van der Waals surface area (Å²) in [6.45, 7) is 5.18. The van der Waals surface area contributed by atoms with Crippen LogP contribution in [0.15, 0.2) is 23.1 Å². The van der Waals surface area contributed by atoms with Gasteiger partial charge in [-0.15, -0.1) is 0 Å². The van der Waals surface area contributed by atoms with E-state index in [2.05, 4.69) is 18.8 Å². The van der Waals surface area contributed by atoms with Crippen LogP contribution in [0.3, 0.4) is 0 Å². The number of nitrogens with zero attached hydrogens (tertiary/aromatic N) is 4. The normalized spacial score (nSPS) is 18.0. The topological polar surface area (TPSA) is 75.5 Å². The molecule has 0 radical (unpaired) electrons. The lowest BCUT2D eigenvalue weighted by molar-refractivity contribution is -0.132. The molecule has 1 aliphatic heterocycles. The van der Waals surface area contributed by atoms with Crippen molar-refractivity contribution in [2.75, 3.05) is 20.6 Å². The molecule has 0 unspecified atom stereocenters. The van der Waals surface area contributed by atoms with Crippen LogP contribution in [0.2, 0.25) is 0 Å². The van der Waals surface area contributed by atoms with E-state index in [-0.39, 0.29) is 10.8 Å². The first-order valence-corrected chi connectivity index (χ1v) is 11.2. The van der Waals surface area contributed by atoms with E-state index in [0.717, 1.165) is 30.7 Å². The van der Waals surface area contributed by atoms with Crippen LogP contribution < -0.4 is 0 Å². The number of aryl methyl sites for hydroxylation is 2. The molecule has 154 valence electrons. The Hall–Kier alpha value is -1.93. The van der Waals surface area contributed by atoms with Crippen LogP contribution in [0.5, 0.6) is 0 Å². The number of hydrogen-bond acceptors (Lipinski definition) is 4. The number of carbonyl (C=O) groups is 1. The van der Waals surface area contributed by atoms with Gasteiger partial charge in [0.2, 0.25) is 15.9 Å². The van der Waals surface area contributed by atoms with Crippen LogP contribution in [0.4, 0.5) is 0 Å². The van der Waals surface area contributed by atoms with E-state index in [0.29, 0.717) is 30.3 Å². The van der Waals surface area contributed by atoms with Crippen molar-refractivity contribution in [1.82, 2.24) is 18.8 Å². The van der Waals surface area contributed by atoms with Crippen molar-refractivity contribution < 1.29 is 13.2 Å². The molecule has 2 heterocycles. The number of rotatable bonds is 6. The van der Waals surface area contributed by atoms with Crippen molar-refractivity contribution in [1.29, 1.82) is 0 Å². The fraction of sp³-hybridized carbons (Fsp3) is 0.600. The Morgan fingerprint density at radius 2 is 2.04 bits per heavy atom. The molecule has 0 spiro atoms. The summed E-state index contributed by atoms with van der Waals surface area (Å²) in [6.07, 6.45) is 3.12. The van der Waals surface area contributed by atoms with Crippen molar-refractivity contribution in [3.63, 3.8) is 0 Å². The van der Waals surface area contributed by atoms with Crippen molar-refractivity contribution >= 4 is 27.0 Å². The molecule has 8 heteroatoms. The zero-order chi connectivity index (χ0) is 20.6. The number of benzene rings is 1. The molecule has 1 aromatic heterocycles. The molecule has 0 bridgehead atoms. The van der Waals surface area contributed by atoms with Gasteiger partial charge in [0.25, 0.3) is 0 Å². The summed E-state index contributed by atoms with van der Waals surface area (Å²) in [5.41, 5.74) is 1.50. The van der Waals surface area contributed by atoms with E-state index in [1.807, 2.05) is 16.5 Å². The van der Waals surface area contributed by atoms with Gasteiger partial charge in [-0.05, 0) is 37.0 Å². The first-order chi connectivity index (χ1) is 13.1. The lowest BCUT2D eigenvalue weighted by Crippen LogP contribution is -2.38. The fourth-order valence-corrected chi connectivity index (χ4v) is 4.90. The Bertz CT molecular complexity index is 979. The molecule has 3 rings (SSSR count). The molecule has 0 N–H and O–H groups in total. The number of hydrogen-bond donors (Lipinski definition) is 0. The molecule has 1 atom stereocenters. The van der Waals surface area contributed by atoms with Gasteiger partial charge in [0.1, 0.15) is 5.82 Å². The molecular formula is C20H30N4O3S. The lowest BCUT2D eigenvalue weighted by Gasteiger charge is -2.27. The van der Waals surface area contributed by atoms with Gasteiger partial charge in [0.15, 0.2) is 0 Å². The van der Waals surface area contributed by atoms with Gasteiger partial charge in [0.05, 0.1) is 15.9 Å². The molecular weight excluding hydrogens is 376 g/mol. The Balaban J connectivity index is 1.79. The fourth-order valence-electron chi connectivity index (χ4n) is 3.98. The van der Waals surface area contributed by atoms with E-state index < -0.39 is 10.0 Å². The minimum atomic E-state index is -3.50. The smallest absolute Gasteiger partial charge is 0.242 e. The van der Waals surface area contributed by atoms with E-state index in [4.69, 9.17) is 0 Å². The summed E-state index contributed by atoms with van der Waals surface area (Å²) >= 11 is 0. The molecule has 2 aromatic rings. The molecule has 1 amide bonds. The molecule has 0 saturated carbocycles. The Morgan fingerprint density at radius 3 is 2.68 bits per heavy atom. The first kappa shape index (κ1) is 20.8. The summed E-state index contributed by atoms with van der Waals surface area (Å²) in [6, 6.07) is 5.32. The minimum absolute atomic E-state index is 0.180. The SMILES string of the molecule is CC(C)[C@H]1CCCN1C(=O)CCc1nc2cc(S(=O)(=O)N(C)C)ccc2n1C. The molecule has 1 aromatic carbocycles. The van der Waals surface area contributed by atoms with E-state index in [9.17, 15) is 13.2 Å². The zero-order valence-electron chi connectivity index (χ0n) is 17.3. The number of fused-ring (bicyclic) bond motifs is 1. The lowest BCUT2D eigenvalue weighted by atomic mass is 10.0. The van der Waals surface area contributed by atoms with Crippen molar-refractivity contribution in [2.45, 2.75) is 50.5 Å². The molecule has 0 aliphatic carbocycles. The number of aromatic nitrogens is 2. The maximum absolute atomic E-state index is 12.7. The number of likely N-dealkylation sites (tertiary alicyclic amines) is 1. The van der Waals surface area contributed by atoms with Crippen molar-refractivity contribution in [2.24, 2.45) is 13.0 Å². The number of carbonyl (C=O) groups excluding carboxylic acids is 1. The highest BCUT2D eigenvalue weighted by atomic mass is 32.2. The highest BCUT2D eigenvalue weighted by molar-refractivity contribution is 7.89. The summed E-state index contributed by atoms with van der Waals surface area (Å²) in [5, 5.41) is 0. The zero-order valence-corrected chi connectivity index (χ0v) is 18.2. The number of imidazole rings is 1. The third-order valence-corrected chi connectivity index (χ3v) is 7.49. The standard InChI is InChI=1S/C20H30N4O3S/c1-14(2)17-7-6-12-24(17)20(25)11-10-19-21-16-13-15(28(26,27)22(3)4)8-9-18(16)23(19)5/h8-9,13-14,17H,6-7,10-12H2,1-5H3/t17-/m1/s1. The Labute approximate surface area is 167 Å². The monoisotopic (exact) mass is 406 g/mol. The average Bonchev–Trinajstić information content (AvgIpc) is 3.24. The molecule has 1 saturated heterocycles. The summed E-state index contributed by atoms with van der Waals surface area (Å²) in [5.74, 6) is 1.45. The molecule has 1 aliphatic rings. The van der Waals surface area contributed by atoms with Crippen LogP contribution in [0.1, 0.15) is 38.9 Å². The van der Waals surface area contributed by atoms with Gasteiger partial charge >= 0.3 is 0 Å². The highest BCUT2D eigenvalue weighted by Gasteiger charge is 2.30. The van der Waals surface area contributed by atoms with Gasteiger partial charge in [-0.3, -0.25) is 4.79 Å². The third kappa shape index (κ3) is 3.80. The van der Waals surface area contributed by atoms with Crippen molar-refractivity contribution in [3.8, 4) is 0 Å². The average molecular weight is 407 g/mol. The van der Waals surface area contributed by atoms with Crippen molar-refractivity contribution in [3.05, 3.63) is 24.0 Å². The second kappa shape index (κ2) is 7.83. The van der Waals surface area contributed by atoms with Gasteiger partial charge < -0.3 is 9.47 Å². The van der Waals surface area contributed by atoms with Crippen LogP contribution >= 0.6 is 0 Å². The number of amides is 1. The summed E-state index contributed by atoms with van der Waals surface area (Å²) in [7, 11) is 1.43. The third-order valence-electron chi connectivity index (χ3n) is 5.68. The maximum Gasteiger partial charge on any atom is 0.242 e. The maximum atomic E-state index is 12.7. The summed E-state index contributed by atoms with van der Waals surface area (Å²) in [4.78, 5) is 19.6.